The number of phenolic OH excluding ortho intramolecular Hbond substituents is 1. The minimum absolute atomic E-state index is 0.207. The number of aromatic nitrogens is 2. The summed E-state index contributed by atoms with van der Waals surface area (Å²) in [7, 11) is 0. The Bertz CT molecular complexity index is 754. The molecule has 0 spiro atoms. The first kappa shape index (κ1) is 13.3. The molecule has 3 rings (SSSR count). The number of hydrogen-bond donors (Lipinski definition) is 2. The molecule has 0 unspecified atom stereocenters. The SMILES string of the molecule is O=C(Nc1nc(-c2ccc(O)cc2)cs1)c1cccnc1. The van der Waals surface area contributed by atoms with Crippen molar-refractivity contribution in [3.05, 3.63) is 59.7 Å². The largest absolute Gasteiger partial charge is 0.508 e. The fraction of sp³-hybridized carbons (Fsp3) is 0. The molecule has 5 nitrogen and oxygen atoms in total. The molecule has 1 amide bonds. The topological polar surface area (TPSA) is 75.1 Å². The van der Waals surface area contributed by atoms with Crippen LogP contribution in [0.4, 0.5) is 5.13 Å². The van der Waals surface area contributed by atoms with Gasteiger partial charge in [0.15, 0.2) is 5.13 Å². The Hall–Kier alpha value is -2.73. The minimum Gasteiger partial charge on any atom is -0.508 e. The molecule has 0 saturated carbocycles. The number of pyridine rings is 1. The Morgan fingerprint density at radius 2 is 2.00 bits per heavy atom. The van der Waals surface area contributed by atoms with Crippen LogP contribution in [0.2, 0.25) is 0 Å². The second kappa shape index (κ2) is 5.72. The highest BCUT2D eigenvalue weighted by molar-refractivity contribution is 7.14. The Kier molecular flexibility index (Phi) is 3.61. The Labute approximate surface area is 124 Å². The number of benzene rings is 1. The van der Waals surface area contributed by atoms with Gasteiger partial charge in [0.25, 0.3) is 5.91 Å². The van der Waals surface area contributed by atoms with E-state index >= 15 is 0 Å². The summed E-state index contributed by atoms with van der Waals surface area (Å²) in [6.07, 6.45) is 3.12. The van der Waals surface area contributed by atoms with Gasteiger partial charge in [-0.05, 0) is 36.4 Å². The molecule has 104 valence electrons. The predicted octanol–water partition coefficient (Wildman–Crippen LogP) is 3.16. The van der Waals surface area contributed by atoms with E-state index in [0.29, 0.717) is 10.7 Å². The van der Waals surface area contributed by atoms with E-state index in [9.17, 15) is 9.90 Å². The van der Waals surface area contributed by atoms with Crippen LogP contribution in [0.25, 0.3) is 11.3 Å². The number of nitrogens with zero attached hydrogens (tertiary/aromatic N) is 2. The third-order valence-corrected chi connectivity index (χ3v) is 3.57. The van der Waals surface area contributed by atoms with Crippen LogP contribution in [-0.2, 0) is 0 Å². The van der Waals surface area contributed by atoms with Crippen LogP contribution in [0, 0.1) is 0 Å². The van der Waals surface area contributed by atoms with Gasteiger partial charge in [-0.1, -0.05) is 0 Å². The zero-order valence-corrected chi connectivity index (χ0v) is 11.7. The van der Waals surface area contributed by atoms with Crippen molar-refractivity contribution in [2.75, 3.05) is 5.32 Å². The van der Waals surface area contributed by atoms with E-state index in [1.54, 1.807) is 42.6 Å². The molecule has 3 aromatic rings. The van der Waals surface area contributed by atoms with Gasteiger partial charge >= 0.3 is 0 Å². The lowest BCUT2D eigenvalue weighted by molar-refractivity contribution is 0.102. The molecule has 0 bridgehead atoms. The summed E-state index contributed by atoms with van der Waals surface area (Å²) in [6, 6.07) is 10.1. The van der Waals surface area contributed by atoms with Crippen molar-refractivity contribution >= 4 is 22.4 Å². The summed E-state index contributed by atoms with van der Waals surface area (Å²) in [5.41, 5.74) is 2.12. The molecule has 0 aliphatic carbocycles. The average molecular weight is 297 g/mol. The summed E-state index contributed by atoms with van der Waals surface area (Å²) in [6.45, 7) is 0. The number of hydrogen-bond acceptors (Lipinski definition) is 5. The number of carbonyl (C=O) groups is 1. The normalized spacial score (nSPS) is 10.3. The number of carbonyl (C=O) groups excluding carboxylic acids is 1. The molecule has 0 fully saturated rings. The number of phenols is 1. The minimum atomic E-state index is -0.241. The lowest BCUT2D eigenvalue weighted by Gasteiger charge is -2.00. The van der Waals surface area contributed by atoms with E-state index in [0.717, 1.165) is 11.3 Å². The first-order valence-electron chi connectivity index (χ1n) is 6.19. The zero-order valence-electron chi connectivity index (χ0n) is 10.9. The molecule has 0 saturated heterocycles. The number of rotatable bonds is 3. The van der Waals surface area contributed by atoms with Crippen LogP contribution < -0.4 is 5.32 Å². The van der Waals surface area contributed by atoms with Gasteiger partial charge in [-0.15, -0.1) is 11.3 Å². The molecule has 0 atom stereocenters. The highest BCUT2D eigenvalue weighted by Crippen LogP contribution is 2.26. The van der Waals surface area contributed by atoms with Gasteiger partial charge in [-0.2, -0.15) is 0 Å². The lowest BCUT2D eigenvalue weighted by Crippen LogP contribution is -2.11. The Morgan fingerprint density at radius 1 is 1.19 bits per heavy atom. The van der Waals surface area contributed by atoms with E-state index in [2.05, 4.69) is 15.3 Å². The van der Waals surface area contributed by atoms with E-state index in [1.165, 1.54) is 17.5 Å². The van der Waals surface area contributed by atoms with Crippen molar-refractivity contribution in [2.24, 2.45) is 0 Å². The molecular weight excluding hydrogens is 286 g/mol. The third kappa shape index (κ3) is 3.06. The first-order chi connectivity index (χ1) is 10.2. The fourth-order valence-corrected chi connectivity index (χ4v) is 2.48. The number of nitrogens with one attached hydrogen (secondary N) is 1. The molecule has 6 heteroatoms. The summed E-state index contributed by atoms with van der Waals surface area (Å²) in [4.78, 5) is 20.3. The highest BCUT2D eigenvalue weighted by atomic mass is 32.1. The number of thiazole rings is 1. The van der Waals surface area contributed by atoms with Crippen LogP contribution in [0.5, 0.6) is 5.75 Å². The van der Waals surface area contributed by atoms with E-state index < -0.39 is 0 Å². The number of amides is 1. The van der Waals surface area contributed by atoms with Gasteiger partial charge in [0, 0.05) is 23.3 Å². The third-order valence-electron chi connectivity index (χ3n) is 2.81. The highest BCUT2D eigenvalue weighted by Gasteiger charge is 2.09. The lowest BCUT2D eigenvalue weighted by atomic mass is 10.2. The molecule has 2 heterocycles. The van der Waals surface area contributed by atoms with Gasteiger partial charge in [-0.3, -0.25) is 15.1 Å². The Balaban J connectivity index is 1.76. The van der Waals surface area contributed by atoms with Crippen molar-refractivity contribution in [2.45, 2.75) is 0 Å². The summed E-state index contributed by atoms with van der Waals surface area (Å²) < 4.78 is 0. The van der Waals surface area contributed by atoms with Crippen molar-refractivity contribution in [3.8, 4) is 17.0 Å². The maximum Gasteiger partial charge on any atom is 0.259 e. The van der Waals surface area contributed by atoms with Crippen LogP contribution in [0.3, 0.4) is 0 Å². The molecular formula is C15H11N3O2S. The summed E-state index contributed by atoms with van der Waals surface area (Å²) in [5, 5.41) is 14.4. The van der Waals surface area contributed by atoms with Crippen LogP contribution in [-0.4, -0.2) is 21.0 Å². The maximum absolute atomic E-state index is 12.0. The van der Waals surface area contributed by atoms with Crippen molar-refractivity contribution < 1.29 is 9.90 Å². The van der Waals surface area contributed by atoms with E-state index in [-0.39, 0.29) is 11.7 Å². The van der Waals surface area contributed by atoms with Crippen molar-refractivity contribution in [1.29, 1.82) is 0 Å². The second-order valence-corrected chi connectivity index (χ2v) is 5.14. The van der Waals surface area contributed by atoms with E-state index in [1.807, 2.05) is 5.38 Å². The van der Waals surface area contributed by atoms with Crippen LogP contribution in [0.15, 0.2) is 54.2 Å². The standard InChI is InChI=1S/C15H11N3O2S/c19-12-5-3-10(4-6-12)13-9-21-15(17-13)18-14(20)11-2-1-7-16-8-11/h1-9,19H,(H,17,18,20). The van der Waals surface area contributed by atoms with Crippen LogP contribution >= 0.6 is 11.3 Å². The maximum atomic E-state index is 12.0. The van der Waals surface area contributed by atoms with Gasteiger partial charge < -0.3 is 5.11 Å². The average Bonchev–Trinajstić information content (AvgIpc) is 2.97. The van der Waals surface area contributed by atoms with E-state index in [4.69, 9.17) is 0 Å². The monoisotopic (exact) mass is 297 g/mol. The van der Waals surface area contributed by atoms with Crippen LogP contribution in [0.1, 0.15) is 10.4 Å². The van der Waals surface area contributed by atoms with Gasteiger partial charge in [0.05, 0.1) is 11.3 Å². The van der Waals surface area contributed by atoms with Gasteiger partial charge in [-0.25, -0.2) is 4.98 Å². The molecule has 1 aromatic carbocycles. The molecule has 0 radical (unpaired) electrons. The van der Waals surface area contributed by atoms with Gasteiger partial charge in [0.2, 0.25) is 0 Å². The molecule has 0 aliphatic heterocycles. The molecule has 0 aliphatic rings. The molecule has 21 heavy (non-hydrogen) atoms. The van der Waals surface area contributed by atoms with Crippen molar-refractivity contribution in [3.63, 3.8) is 0 Å². The van der Waals surface area contributed by atoms with Crippen molar-refractivity contribution in [1.82, 2.24) is 9.97 Å². The molecule has 2 aromatic heterocycles. The molecule has 2 N–H and O–H groups in total. The first-order valence-corrected chi connectivity index (χ1v) is 7.06. The van der Waals surface area contributed by atoms with Gasteiger partial charge in [0.1, 0.15) is 5.75 Å². The second-order valence-electron chi connectivity index (χ2n) is 4.28. The predicted molar refractivity (Wildman–Crippen MR) is 81.4 cm³/mol. The fourth-order valence-electron chi connectivity index (χ4n) is 1.76. The summed E-state index contributed by atoms with van der Waals surface area (Å²) in [5.74, 6) is -0.0335. The number of anilines is 1. The quantitative estimate of drug-likeness (QED) is 0.778. The summed E-state index contributed by atoms with van der Waals surface area (Å²) >= 11 is 1.35. The number of aromatic hydroxyl groups is 1. The smallest absolute Gasteiger partial charge is 0.259 e. The Morgan fingerprint density at radius 3 is 2.71 bits per heavy atom. The zero-order chi connectivity index (χ0) is 14.7.